The number of hydrogen-bond donors (Lipinski definition) is 2. The lowest BCUT2D eigenvalue weighted by molar-refractivity contribution is -0.142. The Labute approximate surface area is 197 Å². The van der Waals surface area contributed by atoms with Gasteiger partial charge in [-0.2, -0.15) is 4.80 Å². The van der Waals surface area contributed by atoms with E-state index in [-0.39, 0.29) is 37.5 Å². The number of furan rings is 1. The van der Waals surface area contributed by atoms with E-state index in [9.17, 15) is 14.7 Å². The van der Waals surface area contributed by atoms with Gasteiger partial charge in [0, 0.05) is 25.0 Å². The normalized spacial score (nSPS) is 15.1. The van der Waals surface area contributed by atoms with Crippen LogP contribution in [0.5, 0.6) is 0 Å². The minimum absolute atomic E-state index is 0.0250. The van der Waals surface area contributed by atoms with E-state index in [0.29, 0.717) is 17.1 Å². The Kier molecular flexibility index (Phi) is 7.63. The SMILES string of the molecule is Cc1ccc(-c2nnn(CC(=O)N(CCO)[C@@H](C(=O)NC3CCCCC3)c3ccncc3)n2)o1. The first-order chi connectivity index (χ1) is 16.5. The van der Waals surface area contributed by atoms with Crippen molar-refractivity contribution in [2.75, 3.05) is 13.2 Å². The second-order valence-electron chi connectivity index (χ2n) is 8.39. The molecule has 3 heterocycles. The lowest BCUT2D eigenvalue weighted by atomic mass is 9.94. The Balaban J connectivity index is 1.55. The van der Waals surface area contributed by atoms with Crippen molar-refractivity contribution in [2.24, 2.45) is 0 Å². The first-order valence-corrected chi connectivity index (χ1v) is 11.5. The number of tetrazole rings is 1. The maximum absolute atomic E-state index is 13.4. The van der Waals surface area contributed by atoms with Gasteiger partial charge in [0.1, 0.15) is 18.3 Å². The zero-order chi connectivity index (χ0) is 23.9. The van der Waals surface area contributed by atoms with E-state index >= 15 is 0 Å². The second-order valence-corrected chi connectivity index (χ2v) is 8.39. The molecule has 34 heavy (non-hydrogen) atoms. The number of carbonyl (C=O) groups excluding carboxylic acids is 2. The van der Waals surface area contributed by atoms with Gasteiger partial charge in [-0.05, 0) is 54.8 Å². The number of aryl methyl sites for hydroxylation is 1. The van der Waals surface area contributed by atoms with E-state index < -0.39 is 11.9 Å². The van der Waals surface area contributed by atoms with Crippen molar-refractivity contribution in [3.8, 4) is 11.6 Å². The summed E-state index contributed by atoms with van der Waals surface area (Å²) in [4.78, 5) is 33.3. The molecule has 180 valence electrons. The van der Waals surface area contributed by atoms with Crippen molar-refractivity contribution >= 4 is 11.8 Å². The average molecular weight is 468 g/mol. The Bertz CT molecular complexity index is 1090. The fraction of sp³-hybridized carbons (Fsp3) is 0.478. The number of nitrogens with one attached hydrogen (secondary N) is 1. The highest BCUT2D eigenvalue weighted by Gasteiger charge is 2.33. The number of amides is 2. The number of carbonyl (C=O) groups is 2. The fourth-order valence-corrected chi connectivity index (χ4v) is 4.23. The van der Waals surface area contributed by atoms with Crippen LogP contribution in [0.2, 0.25) is 0 Å². The number of nitrogens with zero attached hydrogens (tertiary/aromatic N) is 6. The minimum atomic E-state index is -0.916. The zero-order valence-corrected chi connectivity index (χ0v) is 19.1. The largest absolute Gasteiger partial charge is 0.458 e. The van der Waals surface area contributed by atoms with Gasteiger partial charge in [0.2, 0.25) is 17.6 Å². The Hall–Kier alpha value is -3.60. The number of rotatable bonds is 9. The molecule has 0 radical (unpaired) electrons. The van der Waals surface area contributed by atoms with Crippen LogP contribution in [-0.2, 0) is 16.1 Å². The summed E-state index contributed by atoms with van der Waals surface area (Å²) in [6, 6.07) is 6.08. The van der Waals surface area contributed by atoms with Crippen molar-refractivity contribution in [1.29, 1.82) is 0 Å². The van der Waals surface area contributed by atoms with Gasteiger partial charge in [0.25, 0.3) is 0 Å². The second kappa shape index (κ2) is 11.0. The number of aromatic nitrogens is 5. The summed E-state index contributed by atoms with van der Waals surface area (Å²) < 4.78 is 5.51. The average Bonchev–Trinajstić information content (AvgIpc) is 3.49. The van der Waals surface area contributed by atoms with Crippen LogP contribution in [0.3, 0.4) is 0 Å². The number of hydrogen-bond acceptors (Lipinski definition) is 8. The first kappa shape index (κ1) is 23.6. The number of pyridine rings is 1. The summed E-state index contributed by atoms with van der Waals surface area (Å²) in [5.41, 5.74) is 0.614. The smallest absolute Gasteiger partial charge is 0.247 e. The summed E-state index contributed by atoms with van der Waals surface area (Å²) in [7, 11) is 0. The fourth-order valence-electron chi connectivity index (χ4n) is 4.23. The quantitative estimate of drug-likeness (QED) is 0.484. The summed E-state index contributed by atoms with van der Waals surface area (Å²) >= 11 is 0. The van der Waals surface area contributed by atoms with E-state index in [0.717, 1.165) is 30.5 Å². The van der Waals surface area contributed by atoms with Crippen molar-refractivity contribution in [1.82, 2.24) is 35.4 Å². The first-order valence-electron chi connectivity index (χ1n) is 11.5. The maximum Gasteiger partial charge on any atom is 0.247 e. The van der Waals surface area contributed by atoms with Crippen molar-refractivity contribution < 1.29 is 19.1 Å². The van der Waals surface area contributed by atoms with Gasteiger partial charge in [-0.15, -0.1) is 10.2 Å². The van der Waals surface area contributed by atoms with Gasteiger partial charge in [0.15, 0.2) is 5.76 Å². The lowest BCUT2D eigenvalue weighted by Crippen LogP contribution is -2.48. The molecule has 11 nitrogen and oxygen atoms in total. The molecule has 2 amide bonds. The molecular weight excluding hydrogens is 438 g/mol. The van der Waals surface area contributed by atoms with Gasteiger partial charge in [-0.3, -0.25) is 14.6 Å². The highest BCUT2D eigenvalue weighted by molar-refractivity contribution is 5.88. The summed E-state index contributed by atoms with van der Waals surface area (Å²) in [6.45, 7) is 1.24. The summed E-state index contributed by atoms with van der Waals surface area (Å²) in [5.74, 6) is 0.716. The molecule has 0 spiro atoms. The molecule has 11 heteroatoms. The molecule has 1 fully saturated rings. The van der Waals surface area contributed by atoms with E-state index in [4.69, 9.17) is 4.42 Å². The molecule has 3 aromatic heterocycles. The molecule has 2 N–H and O–H groups in total. The molecule has 1 aliphatic rings. The van der Waals surface area contributed by atoms with Crippen LogP contribution in [0.1, 0.15) is 49.5 Å². The van der Waals surface area contributed by atoms with E-state index in [1.807, 2.05) is 6.92 Å². The molecule has 0 unspecified atom stereocenters. The van der Waals surface area contributed by atoms with Crippen LogP contribution in [0, 0.1) is 6.92 Å². The van der Waals surface area contributed by atoms with Crippen LogP contribution in [-0.4, -0.2) is 66.2 Å². The molecule has 4 rings (SSSR count). The monoisotopic (exact) mass is 467 g/mol. The number of aliphatic hydroxyl groups excluding tert-OH is 1. The zero-order valence-electron chi connectivity index (χ0n) is 19.1. The van der Waals surface area contributed by atoms with Crippen LogP contribution < -0.4 is 5.32 Å². The molecule has 0 saturated heterocycles. The summed E-state index contributed by atoms with van der Waals surface area (Å²) in [6.07, 6.45) is 8.29. The van der Waals surface area contributed by atoms with Gasteiger partial charge in [-0.25, -0.2) is 0 Å². The molecule has 1 aliphatic carbocycles. The van der Waals surface area contributed by atoms with Crippen LogP contribution >= 0.6 is 0 Å². The Morgan fingerprint density at radius 2 is 1.97 bits per heavy atom. The third-order valence-corrected chi connectivity index (χ3v) is 5.88. The molecule has 1 saturated carbocycles. The third kappa shape index (κ3) is 5.66. The Morgan fingerprint density at radius 1 is 1.21 bits per heavy atom. The predicted molar refractivity (Wildman–Crippen MR) is 121 cm³/mol. The third-order valence-electron chi connectivity index (χ3n) is 5.88. The van der Waals surface area contributed by atoms with Gasteiger partial charge < -0.3 is 19.7 Å². The topological polar surface area (TPSA) is 139 Å². The number of aliphatic hydroxyl groups is 1. The molecule has 0 aliphatic heterocycles. The van der Waals surface area contributed by atoms with Gasteiger partial charge in [0.05, 0.1) is 6.61 Å². The van der Waals surface area contributed by atoms with Gasteiger partial charge in [-0.1, -0.05) is 19.3 Å². The van der Waals surface area contributed by atoms with E-state index in [1.54, 1.807) is 36.7 Å². The van der Waals surface area contributed by atoms with E-state index in [2.05, 4.69) is 25.7 Å². The standard InChI is InChI=1S/C23H29N7O4/c1-16-7-8-19(34-16)22-26-28-30(27-22)15-20(32)29(13-14-31)21(17-9-11-24-12-10-17)23(33)25-18-5-3-2-4-6-18/h7-12,18,21,31H,2-6,13-15H2,1H3,(H,25,33)/t21-/m1/s1. The van der Waals surface area contributed by atoms with E-state index in [1.165, 1.54) is 11.3 Å². The van der Waals surface area contributed by atoms with Crippen molar-refractivity contribution in [2.45, 2.75) is 57.7 Å². The van der Waals surface area contributed by atoms with Gasteiger partial charge >= 0.3 is 0 Å². The highest BCUT2D eigenvalue weighted by Crippen LogP contribution is 2.24. The molecule has 0 aromatic carbocycles. The highest BCUT2D eigenvalue weighted by atomic mass is 16.3. The van der Waals surface area contributed by atoms with Crippen LogP contribution in [0.4, 0.5) is 0 Å². The van der Waals surface area contributed by atoms with Crippen molar-refractivity contribution in [3.63, 3.8) is 0 Å². The predicted octanol–water partition coefficient (Wildman–Crippen LogP) is 1.65. The van der Waals surface area contributed by atoms with Crippen LogP contribution in [0.25, 0.3) is 11.6 Å². The Morgan fingerprint density at radius 3 is 2.65 bits per heavy atom. The van der Waals surface area contributed by atoms with Crippen molar-refractivity contribution in [3.05, 3.63) is 48.0 Å². The molecule has 1 atom stereocenters. The van der Waals surface area contributed by atoms with Crippen LogP contribution in [0.15, 0.2) is 41.1 Å². The summed E-state index contributed by atoms with van der Waals surface area (Å²) in [5, 5.41) is 24.9. The molecule has 3 aromatic rings. The lowest BCUT2D eigenvalue weighted by Gasteiger charge is -2.32. The minimum Gasteiger partial charge on any atom is -0.458 e. The molecular formula is C23H29N7O4. The maximum atomic E-state index is 13.4. The molecule has 0 bridgehead atoms.